The van der Waals surface area contributed by atoms with Crippen LogP contribution < -0.4 is 10.1 Å². The number of ether oxygens (including phenoxy) is 2. The molecule has 3 nitrogen and oxygen atoms in total. The van der Waals surface area contributed by atoms with Crippen molar-refractivity contribution >= 4 is 0 Å². The molecule has 0 heterocycles. The zero-order chi connectivity index (χ0) is 10.8. The third kappa shape index (κ3) is 6.10. The summed E-state index contributed by atoms with van der Waals surface area (Å²) < 4.78 is 10.5. The fourth-order valence-electron chi connectivity index (χ4n) is 1.22. The molecule has 84 valence electrons. The summed E-state index contributed by atoms with van der Waals surface area (Å²) in [7, 11) is 1.72. The Kier molecular flexibility index (Phi) is 6.62. The first-order chi connectivity index (χ1) is 7.43. The lowest BCUT2D eigenvalue weighted by molar-refractivity contribution is 0.193. The number of para-hydroxylation sites is 1. The van der Waals surface area contributed by atoms with Crippen LogP contribution in [0.15, 0.2) is 30.3 Å². The molecule has 1 aromatic carbocycles. The largest absolute Gasteiger partial charge is 0.492 e. The fraction of sp³-hybridized carbons (Fsp3) is 0.500. The molecule has 0 aliphatic rings. The molecular formula is C12H19NO2. The Hall–Kier alpha value is -1.06. The summed E-state index contributed by atoms with van der Waals surface area (Å²) in [5.74, 6) is 0.927. The van der Waals surface area contributed by atoms with Crippen molar-refractivity contribution in [3.05, 3.63) is 30.3 Å². The minimum atomic E-state index is 0.705. The number of methoxy groups -OCH3 is 1. The van der Waals surface area contributed by atoms with Crippen molar-refractivity contribution in [3.63, 3.8) is 0 Å². The summed E-state index contributed by atoms with van der Waals surface area (Å²) in [6, 6.07) is 9.86. The Morgan fingerprint density at radius 2 is 1.87 bits per heavy atom. The molecule has 0 radical (unpaired) electrons. The van der Waals surface area contributed by atoms with E-state index in [1.54, 1.807) is 7.11 Å². The van der Waals surface area contributed by atoms with Crippen molar-refractivity contribution in [3.8, 4) is 5.75 Å². The summed E-state index contributed by atoms with van der Waals surface area (Å²) in [6.45, 7) is 3.37. The van der Waals surface area contributed by atoms with Crippen LogP contribution in [0.25, 0.3) is 0 Å². The van der Waals surface area contributed by atoms with E-state index >= 15 is 0 Å². The van der Waals surface area contributed by atoms with Gasteiger partial charge in [-0.3, -0.25) is 0 Å². The van der Waals surface area contributed by atoms with Gasteiger partial charge in [0, 0.05) is 20.3 Å². The first-order valence-electron chi connectivity index (χ1n) is 5.31. The van der Waals surface area contributed by atoms with Gasteiger partial charge >= 0.3 is 0 Å². The fourth-order valence-corrected chi connectivity index (χ4v) is 1.22. The van der Waals surface area contributed by atoms with Gasteiger partial charge in [-0.2, -0.15) is 0 Å². The highest BCUT2D eigenvalue weighted by molar-refractivity contribution is 5.20. The van der Waals surface area contributed by atoms with Crippen LogP contribution in [0, 0.1) is 0 Å². The van der Waals surface area contributed by atoms with E-state index in [0.717, 1.165) is 31.9 Å². The predicted octanol–water partition coefficient (Wildman–Crippen LogP) is 1.69. The third-order valence-electron chi connectivity index (χ3n) is 1.99. The van der Waals surface area contributed by atoms with Crippen molar-refractivity contribution < 1.29 is 9.47 Å². The average molecular weight is 209 g/mol. The van der Waals surface area contributed by atoms with Crippen LogP contribution in [0.5, 0.6) is 5.75 Å². The summed E-state index contributed by atoms with van der Waals surface area (Å²) in [6.07, 6.45) is 1.04. The molecule has 0 fully saturated rings. The highest BCUT2D eigenvalue weighted by Gasteiger charge is 1.91. The van der Waals surface area contributed by atoms with Crippen molar-refractivity contribution in [2.24, 2.45) is 0 Å². The zero-order valence-electron chi connectivity index (χ0n) is 9.24. The Labute approximate surface area is 91.4 Å². The van der Waals surface area contributed by atoms with Gasteiger partial charge in [0.15, 0.2) is 0 Å². The van der Waals surface area contributed by atoms with E-state index < -0.39 is 0 Å². The number of rotatable bonds is 8. The maximum Gasteiger partial charge on any atom is 0.119 e. The minimum Gasteiger partial charge on any atom is -0.492 e. The summed E-state index contributed by atoms with van der Waals surface area (Å²) >= 11 is 0. The van der Waals surface area contributed by atoms with Crippen molar-refractivity contribution in [1.82, 2.24) is 5.32 Å². The molecule has 15 heavy (non-hydrogen) atoms. The van der Waals surface area contributed by atoms with Gasteiger partial charge in [0.2, 0.25) is 0 Å². The molecule has 0 aromatic heterocycles. The van der Waals surface area contributed by atoms with E-state index in [9.17, 15) is 0 Å². The van der Waals surface area contributed by atoms with Gasteiger partial charge in [-0.25, -0.2) is 0 Å². The Morgan fingerprint density at radius 1 is 1.07 bits per heavy atom. The average Bonchev–Trinajstić information content (AvgIpc) is 2.29. The van der Waals surface area contributed by atoms with E-state index in [1.807, 2.05) is 30.3 Å². The number of benzene rings is 1. The molecule has 0 amide bonds. The molecular weight excluding hydrogens is 190 g/mol. The molecule has 1 N–H and O–H groups in total. The molecule has 3 heteroatoms. The van der Waals surface area contributed by atoms with Crippen LogP contribution in [0.1, 0.15) is 6.42 Å². The van der Waals surface area contributed by atoms with E-state index in [4.69, 9.17) is 9.47 Å². The first kappa shape index (κ1) is 12.0. The summed E-state index contributed by atoms with van der Waals surface area (Å²) in [4.78, 5) is 0. The highest BCUT2D eigenvalue weighted by Crippen LogP contribution is 2.07. The first-order valence-corrected chi connectivity index (χ1v) is 5.31. The normalized spacial score (nSPS) is 10.2. The van der Waals surface area contributed by atoms with Crippen LogP contribution in [0.4, 0.5) is 0 Å². The minimum absolute atomic E-state index is 0.705. The maximum atomic E-state index is 5.52. The third-order valence-corrected chi connectivity index (χ3v) is 1.99. The van der Waals surface area contributed by atoms with Crippen LogP contribution in [0.3, 0.4) is 0 Å². The highest BCUT2D eigenvalue weighted by atomic mass is 16.5. The van der Waals surface area contributed by atoms with Crippen LogP contribution in [-0.2, 0) is 4.74 Å². The van der Waals surface area contributed by atoms with Crippen molar-refractivity contribution in [2.45, 2.75) is 6.42 Å². The summed E-state index contributed by atoms with van der Waals surface area (Å²) in [5, 5.41) is 3.29. The van der Waals surface area contributed by atoms with E-state index in [2.05, 4.69) is 5.32 Å². The second kappa shape index (κ2) is 8.26. The molecule has 0 spiro atoms. The number of hydrogen-bond donors (Lipinski definition) is 1. The zero-order valence-corrected chi connectivity index (χ0v) is 9.24. The molecule has 0 aliphatic carbocycles. The molecule has 0 atom stereocenters. The molecule has 0 aliphatic heterocycles. The summed E-state index contributed by atoms with van der Waals surface area (Å²) in [5.41, 5.74) is 0. The van der Waals surface area contributed by atoms with Gasteiger partial charge in [0.25, 0.3) is 0 Å². The molecule has 1 aromatic rings. The van der Waals surface area contributed by atoms with Crippen LogP contribution in [-0.4, -0.2) is 33.4 Å². The van der Waals surface area contributed by atoms with E-state index in [0.29, 0.717) is 6.61 Å². The smallest absolute Gasteiger partial charge is 0.119 e. The molecule has 0 unspecified atom stereocenters. The Balaban J connectivity index is 1.93. The lowest BCUT2D eigenvalue weighted by Crippen LogP contribution is -2.22. The maximum absolute atomic E-state index is 5.52. The quantitative estimate of drug-likeness (QED) is 0.661. The molecule has 0 saturated carbocycles. The second-order valence-corrected chi connectivity index (χ2v) is 3.26. The van der Waals surface area contributed by atoms with Gasteiger partial charge in [0.05, 0.1) is 0 Å². The van der Waals surface area contributed by atoms with Gasteiger partial charge in [0.1, 0.15) is 12.4 Å². The lowest BCUT2D eigenvalue weighted by Gasteiger charge is -2.06. The standard InChI is InChI=1S/C12H19NO2/c1-14-10-5-8-13-9-11-15-12-6-3-2-4-7-12/h2-4,6-7,13H,5,8-11H2,1H3. The molecule has 0 saturated heterocycles. The lowest BCUT2D eigenvalue weighted by atomic mass is 10.3. The topological polar surface area (TPSA) is 30.5 Å². The van der Waals surface area contributed by atoms with Crippen LogP contribution in [0.2, 0.25) is 0 Å². The van der Waals surface area contributed by atoms with Gasteiger partial charge in [-0.15, -0.1) is 0 Å². The second-order valence-electron chi connectivity index (χ2n) is 3.26. The molecule has 1 rings (SSSR count). The monoisotopic (exact) mass is 209 g/mol. The van der Waals surface area contributed by atoms with Gasteiger partial charge < -0.3 is 14.8 Å². The Morgan fingerprint density at radius 3 is 2.60 bits per heavy atom. The van der Waals surface area contributed by atoms with Crippen LogP contribution >= 0.6 is 0 Å². The molecule has 0 bridgehead atoms. The number of nitrogens with one attached hydrogen (secondary N) is 1. The van der Waals surface area contributed by atoms with Gasteiger partial charge in [-0.1, -0.05) is 18.2 Å². The van der Waals surface area contributed by atoms with E-state index in [-0.39, 0.29) is 0 Å². The SMILES string of the molecule is COCCCNCCOc1ccccc1. The van der Waals surface area contributed by atoms with Gasteiger partial charge in [-0.05, 0) is 25.1 Å². The van der Waals surface area contributed by atoms with Crippen molar-refractivity contribution in [2.75, 3.05) is 33.4 Å². The number of hydrogen-bond acceptors (Lipinski definition) is 3. The van der Waals surface area contributed by atoms with Crippen molar-refractivity contribution in [1.29, 1.82) is 0 Å². The predicted molar refractivity (Wildman–Crippen MR) is 61.3 cm³/mol. The van der Waals surface area contributed by atoms with E-state index in [1.165, 1.54) is 0 Å². The Bertz CT molecular complexity index is 239.